The van der Waals surface area contributed by atoms with Crippen molar-refractivity contribution in [3.63, 3.8) is 0 Å². The van der Waals surface area contributed by atoms with Crippen LogP contribution in [0.3, 0.4) is 0 Å². The lowest BCUT2D eigenvalue weighted by atomic mass is 10.1. The van der Waals surface area contributed by atoms with Crippen molar-refractivity contribution in [2.75, 3.05) is 13.2 Å². The molecular weight excluding hydrogens is 248 g/mol. The number of hydrogen-bond donors (Lipinski definition) is 1. The molecule has 0 heterocycles. The third-order valence-electron chi connectivity index (χ3n) is 2.61. The van der Waals surface area contributed by atoms with Crippen LogP contribution in [0.2, 0.25) is 0 Å². The van der Waals surface area contributed by atoms with Crippen LogP contribution >= 0.6 is 0 Å². The zero-order chi connectivity index (χ0) is 14.5. The van der Waals surface area contributed by atoms with Crippen molar-refractivity contribution in [3.8, 4) is 0 Å². The van der Waals surface area contributed by atoms with Gasteiger partial charge in [-0.2, -0.15) is 0 Å². The van der Waals surface area contributed by atoms with Crippen molar-refractivity contribution in [2.45, 2.75) is 45.8 Å². The minimum absolute atomic E-state index is 0.204. The summed E-state index contributed by atoms with van der Waals surface area (Å²) in [6, 6.07) is 3.37. The highest BCUT2D eigenvalue weighted by atomic mass is 19.1. The van der Waals surface area contributed by atoms with Gasteiger partial charge >= 0.3 is 0 Å². The van der Waals surface area contributed by atoms with E-state index in [0.717, 1.165) is 19.0 Å². The number of hydrogen-bond acceptors (Lipinski definition) is 2. The zero-order valence-corrected chi connectivity index (χ0v) is 12.1. The number of benzene rings is 1. The minimum atomic E-state index is -0.561. The molecule has 0 spiro atoms. The summed E-state index contributed by atoms with van der Waals surface area (Å²) in [5, 5.41) is 3.25. The van der Waals surface area contributed by atoms with Crippen LogP contribution in [0.5, 0.6) is 0 Å². The van der Waals surface area contributed by atoms with Crippen LogP contribution in [0.1, 0.15) is 45.7 Å². The van der Waals surface area contributed by atoms with E-state index in [-0.39, 0.29) is 11.6 Å². The number of rotatable bonds is 6. The summed E-state index contributed by atoms with van der Waals surface area (Å²) in [5.41, 5.74) is 0.299. The van der Waals surface area contributed by atoms with Gasteiger partial charge < -0.3 is 10.1 Å². The third kappa shape index (κ3) is 6.12. The lowest BCUT2D eigenvalue weighted by molar-refractivity contribution is -0.0148. The van der Waals surface area contributed by atoms with Crippen molar-refractivity contribution in [1.29, 1.82) is 0 Å². The molecule has 0 radical (unpaired) electrons. The molecule has 1 N–H and O–H groups in total. The van der Waals surface area contributed by atoms with E-state index in [1.807, 2.05) is 27.7 Å². The summed E-state index contributed by atoms with van der Waals surface area (Å²) in [4.78, 5) is 0. The van der Waals surface area contributed by atoms with Gasteiger partial charge in [-0.25, -0.2) is 8.78 Å². The number of ether oxygens (including phenoxy) is 1. The molecule has 1 aromatic carbocycles. The Morgan fingerprint density at radius 2 is 1.74 bits per heavy atom. The van der Waals surface area contributed by atoms with E-state index in [9.17, 15) is 8.78 Å². The van der Waals surface area contributed by atoms with Crippen LogP contribution in [0.15, 0.2) is 18.2 Å². The fourth-order valence-corrected chi connectivity index (χ4v) is 1.70. The van der Waals surface area contributed by atoms with Gasteiger partial charge in [-0.3, -0.25) is 0 Å². The van der Waals surface area contributed by atoms with Crippen LogP contribution in [0.25, 0.3) is 0 Å². The molecule has 1 atom stereocenters. The first-order valence-electron chi connectivity index (χ1n) is 6.65. The molecule has 19 heavy (non-hydrogen) atoms. The Kier molecular flexibility index (Phi) is 5.88. The average Bonchev–Trinajstić information content (AvgIpc) is 2.26. The molecule has 2 nitrogen and oxygen atoms in total. The van der Waals surface area contributed by atoms with Crippen molar-refractivity contribution >= 4 is 0 Å². The molecule has 1 rings (SSSR count). The Hall–Kier alpha value is -1.00. The highest BCUT2D eigenvalue weighted by Crippen LogP contribution is 2.19. The number of nitrogens with one attached hydrogen (secondary N) is 1. The molecule has 0 aromatic heterocycles. The van der Waals surface area contributed by atoms with E-state index < -0.39 is 11.6 Å². The van der Waals surface area contributed by atoms with Gasteiger partial charge in [0.1, 0.15) is 11.6 Å². The number of halogens is 2. The van der Waals surface area contributed by atoms with E-state index >= 15 is 0 Å². The molecular formula is C15H23F2NO. The van der Waals surface area contributed by atoms with Crippen molar-refractivity contribution in [1.82, 2.24) is 5.32 Å². The highest BCUT2D eigenvalue weighted by molar-refractivity contribution is 5.21. The largest absolute Gasteiger partial charge is 0.374 e. The molecule has 0 saturated carbocycles. The van der Waals surface area contributed by atoms with Crippen LogP contribution in [0, 0.1) is 11.6 Å². The van der Waals surface area contributed by atoms with E-state index in [2.05, 4.69) is 5.32 Å². The quantitative estimate of drug-likeness (QED) is 0.849. The van der Waals surface area contributed by atoms with E-state index in [4.69, 9.17) is 4.74 Å². The van der Waals surface area contributed by atoms with Crippen LogP contribution < -0.4 is 5.32 Å². The van der Waals surface area contributed by atoms with Crippen molar-refractivity contribution in [3.05, 3.63) is 35.4 Å². The Bertz CT molecular complexity index is 381. The fraction of sp³-hybridized carbons (Fsp3) is 0.600. The summed E-state index contributed by atoms with van der Waals surface area (Å²) in [6.45, 7) is 9.06. The molecule has 0 aliphatic carbocycles. The first-order chi connectivity index (χ1) is 8.81. The lowest BCUT2D eigenvalue weighted by Gasteiger charge is -2.25. The molecule has 0 aliphatic heterocycles. The van der Waals surface area contributed by atoms with Crippen LogP contribution in [-0.4, -0.2) is 18.8 Å². The summed E-state index contributed by atoms with van der Waals surface area (Å²) < 4.78 is 32.3. The molecule has 1 unspecified atom stereocenters. The topological polar surface area (TPSA) is 21.3 Å². The van der Waals surface area contributed by atoms with Gasteiger partial charge in [0.15, 0.2) is 0 Å². The van der Waals surface area contributed by atoms with Crippen molar-refractivity contribution in [2.24, 2.45) is 0 Å². The Morgan fingerprint density at radius 1 is 1.16 bits per heavy atom. The maximum Gasteiger partial charge on any atom is 0.126 e. The molecule has 0 saturated heterocycles. The van der Waals surface area contributed by atoms with Gasteiger partial charge in [0.2, 0.25) is 0 Å². The molecule has 0 aliphatic rings. The van der Waals surface area contributed by atoms with Gasteiger partial charge in [0, 0.05) is 6.07 Å². The smallest absolute Gasteiger partial charge is 0.126 e. The maximum absolute atomic E-state index is 13.3. The molecule has 0 fully saturated rings. The van der Waals surface area contributed by atoms with Gasteiger partial charge in [-0.05, 0) is 51.4 Å². The Labute approximate surface area is 114 Å². The second kappa shape index (κ2) is 6.96. The standard InChI is InChI=1S/C15H23F2NO/c1-5-6-18-14(10-19-15(2,3)4)11-7-12(16)9-13(17)8-11/h7-9,14,18H,5-6,10H2,1-4H3. The molecule has 108 valence electrons. The summed E-state index contributed by atoms with van der Waals surface area (Å²) in [6.07, 6.45) is 0.948. The van der Waals surface area contributed by atoms with Crippen LogP contribution in [-0.2, 0) is 4.74 Å². The van der Waals surface area contributed by atoms with E-state index in [1.165, 1.54) is 12.1 Å². The minimum Gasteiger partial charge on any atom is -0.374 e. The summed E-state index contributed by atoms with van der Waals surface area (Å²) >= 11 is 0. The molecule has 1 aromatic rings. The monoisotopic (exact) mass is 271 g/mol. The summed E-state index contributed by atoms with van der Waals surface area (Å²) in [7, 11) is 0. The third-order valence-corrected chi connectivity index (χ3v) is 2.61. The first kappa shape index (κ1) is 16.1. The second-order valence-electron chi connectivity index (χ2n) is 5.63. The van der Waals surface area contributed by atoms with Gasteiger partial charge in [0.25, 0.3) is 0 Å². The normalized spacial score (nSPS) is 13.6. The van der Waals surface area contributed by atoms with E-state index in [1.54, 1.807) is 0 Å². The highest BCUT2D eigenvalue weighted by Gasteiger charge is 2.17. The molecule has 4 heteroatoms. The lowest BCUT2D eigenvalue weighted by Crippen LogP contribution is -2.31. The van der Waals surface area contributed by atoms with Gasteiger partial charge in [-0.1, -0.05) is 6.92 Å². The first-order valence-corrected chi connectivity index (χ1v) is 6.65. The molecule has 0 bridgehead atoms. The average molecular weight is 271 g/mol. The SMILES string of the molecule is CCCNC(COC(C)(C)C)c1cc(F)cc(F)c1. The predicted octanol–water partition coefficient (Wildman–Crippen LogP) is 3.82. The predicted molar refractivity (Wildman–Crippen MR) is 73.1 cm³/mol. The fourth-order valence-electron chi connectivity index (χ4n) is 1.70. The Balaban J connectivity index is 2.82. The van der Waals surface area contributed by atoms with Crippen molar-refractivity contribution < 1.29 is 13.5 Å². The molecule has 0 amide bonds. The van der Waals surface area contributed by atoms with Gasteiger partial charge in [0.05, 0.1) is 18.2 Å². The Morgan fingerprint density at radius 3 is 2.21 bits per heavy atom. The second-order valence-corrected chi connectivity index (χ2v) is 5.63. The maximum atomic E-state index is 13.3. The summed E-state index contributed by atoms with van der Waals surface area (Å²) in [5.74, 6) is -1.12. The zero-order valence-electron chi connectivity index (χ0n) is 12.1. The van der Waals surface area contributed by atoms with E-state index in [0.29, 0.717) is 12.2 Å². The van der Waals surface area contributed by atoms with Crippen LogP contribution in [0.4, 0.5) is 8.78 Å². The van der Waals surface area contributed by atoms with Gasteiger partial charge in [-0.15, -0.1) is 0 Å².